The van der Waals surface area contributed by atoms with Crippen LogP contribution in [0.25, 0.3) is 0 Å². The standard InChI is InChI=1S/C8H8Cl3NO2S/c1-2-12-15(13,14)6-4-3-5(9)7(10)8(6)11/h3-4,12H,2H2,1H3. The van der Waals surface area contributed by atoms with Crippen molar-refractivity contribution in [2.75, 3.05) is 6.54 Å². The summed E-state index contributed by atoms with van der Waals surface area (Å²) in [5.74, 6) is 0. The van der Waals surface area contributed by atoms with Gasteiger partial charge in [-0.15, -0.1) is 0 Å². The van der Waals surface area contributed by atoms with Gasteiger partial charge < -0.3 is 0 Å². The molecule has 0 amide bonds. The Bertz CT molecular complexity index is 473. The molecule has 0 aliphatic rings. The molecule has 0 saturated carbocycles. The Morgan fingerprint density at radius 3 is 2.33 bits per heavy atom. The highest BCUT2D eigenvalue weighted by molar-refractivity contribution is 7.89. The van der Waals surface area contributed by atoms with Gasteiger partial charge >= 0.3 is 0 Å². The van der Waals surface area contributed by atoms with Gasteiger partial charge in [0.1, 0.15) is 4.90 Å². The third-order valence-corrected chi connectivity index (χ3v) is 4.62. The van der Waals surface area contributed by atoms with Crippen LogP contribution in [0.5, 0.6) is 0 Å². The number of rotatable bonds is 3. The first-order valence-electron chi connectivity index (χ1n) is 4.03. The summed E-state index contributed by atoms with van der Waals surface area (Å²) in [6.45, 7) is 1.95. The van der Waals surface area contributed by atoms with E-state index in [-0.39, 0.29) is 26.5 Å². The molecule has 0 fully saturated rings. The van der Waals surface area contributed by atoms with Crippen molar-refractivity contribution >= 4 is 44.8 Å². The van der Waals surface area contributed by atoms with Crippen molar-refractivity contribution in [3.63, 3.8) is 0 Å². The molecule has 1 aromatic carbocycles. The molecule has 1 N–H and O–H groups in total. The fraction of sp³-hybridized carbons (Fsp3) is 0.250. The summed E-state index contributed by atoms with van der Waals surface area (Å²) in [7, 11) is -3.61. The smallest absolute Gasteiger partial charge is 0.211 e. The molecule has 7 heteroatoms. The highest BCUT2D eigenvalue weighted by Gasteiger charge is 2.19. The molecular weight excluding hydrogens is 281 g/mol. The molecule has 0 aliphatic carbocycles. The summed E-state index contributed by atoms with van der Waals surface area (Å²) in [5, 5.41) is 0.194. The first kappa shape index (κ1) is 13.1. The predicted molar refractivity (Wildman–Crippen MR) is 62.3 cm³/mol. The van der Waals surface area contributed by atoms with Crippen molar-refractivity contribution < 1.29 is 8.42 Å². The molecule has 0 radical (unpaired) electrons. The zero-order valence-electron chi connectivity index (χ0n) is 7.72. The third-order valence-electron chi connectivity index (χ3n) is 1.62. The third kappa shape index (κ3) is 2.77. The van der Waals surface area contributed by atoms with E-state index in [0.29, 0.717) is 0 Å². The van der Waals surface area contributed by atoms with Crippen LogP contribution in [0.2, 0.25) is 15.1 Å². The lowest BCUT2D eigenvalue weighted by Gasteiger charge is -2.08. The Labute approximate surface area is 103 Å². The van der Waals surface area contributed by atoms with E-state index < -0.39 is 10.0 Å². The molecule has 0 aromatic heterocycles. The lowest BCUT2D eigenvalue weighted by Crippen LogP contribution is -2.23. The van der Waals surface area contributed by atoms with Crippen molar-refractivity contribution in [3.8, 4) is 0 Å². The number of hydrogen-bond acceptors (Lipinski definition) is 2. The summed E-state index contributed by atoms with van der Waals surface area (Å²) < 4.78 is 25.6. The van der Waals surface area contributed by atoms with E-state index in [0.717, 1.165) is 0 Å². The van der Waals surface area contributed by atoms with E-state index in [4.69, 9.17) is 34.8 Å². The Kier molecular flexibility index (Phi) is 4.26. The molecule has 3 nitrogen and oxygen atoms in total. The maximum absolute atomic E-state index is 11.6. The van der Waals surface area contributed by atoms with Crippen molar-refractivity contribution in [2.24, 2.45) is 0 Å². The summed E-state index contributed by atoms with van der Waals surface area (Å²) in [4.78, 5) is -0.0691. The second-order valence-electron chi connectivity index (χ2n) is 2.67. The number of sulfonamides is 1. The fourth-order valence-corrected chi connectivity index (χ4v) is 3.00. The molecule has 1 rings (SSSR count). The molecule has 0 heterocycles. The number of hydrogen-bond donors (Lipinski definition) is 1. The van der Waals surface area contributed by atoms with Crippen LogP contribution in [0.1, 0.15) is 6.92 Å². The number of nitrogens with one attached hydrogen (secondary N) is 1. The van der Waals surface area contributed by atoms with Gasteiger partial charge in [0.05, 0.1) is 15.1 Å². The highest BCUT2D eigenvalue weighted by atomic mass is 35.5. The summed E-state index contributed by atoms with van der Waals surface area (Å²) >= 11 is 17.2. The molecule has 0 bridgehead atoms. The van der Waals surface area contributed by atoms with Crippen molar-refractivity contribution in [3.05, 3.63) is 27.2 Å². The average Bonchev–Trinajstić information content (AvgIpc) is 2.13. The van der Waals surface area contributed by atoms with Crippen LogP contribution in [0, 0.1) is 0 Å². The maximum atomic E-state index is 11.6. The second kappa shape index (κ2) is 4.89. The van der Waals surface area contributed by atoms with Gasteiger partial charge in [-0.05, 0) is 12.1 Å². The number of halogens is 3. The Hall–Kier alpha value is -0.000000000000000167. The summed E-state index contributed by atoms with van der Waals surface area (Å²) in [5.41, 5.74) is 0. The lowest BCUT2D eigenvalue weighted by molar-refractivity contribution is 0.584. The first-order chi connectivity index (χ1) is 6.90. The van der Waals surface area contributed by atoms with Crippen LogP contribution in [-0.4, -0.2) is 15.0 Å². The van der Waals surface area contributed by atoms with E-state index in [1.165, 1.54) is 12.1 Å². The van der Waals surface area contributed by atoms with E-state index in [9.17, 15) is 8.42 Å². The van der Waals surface area contributed by atoms with Crippen LogP contribution in [-0.2, 0) is 10.0 Å². The van der Waals surface area contributed by atoms with Crippen LogP contribution < -0.4 is 4.72 Å². The quantitative estimate of drug-likeness (QED) is 0.869. The van der Waals surface area contributed by atoms with Crippen LogP contribution >= 0.6 is 34.8 Å². The minimum atomic E-state index is -3.61. The summed E-state index contributed by atoms with van der Waals surface area (Å²) in [6, 6.07) is 2.70. The minimum Gasteiger partial charge on any atom is -0.211 e. The van der Waals surface area contributed by atoms with Crippen LogP contribution in [0.4, 0.5) is 0 Å². The van der Waals surface area contributed by atoms with Gasteiger partial charge in [-0.3, -0.25) is 0 Å². The summed E-state index contributed by atoms with van der Waals surface area (Å²) in [6.07, 6.45) is 0. The molecule has 0 spiro atoms. The second-order valence-corrected chi connectivity index (χ2v) is 5.57. The maximum Gasteiger partial charge on any atom is 0.242 e. The van der Waals surface area contributed by atoms with Gasteiger partial charge in [-0.1, -0.05) is 41.7 Å². The number of benzene rings is 1. The molecule has 0 aliphatic heterocycles. The van der Waals surface area contributed by atoms with Gasteiger partial charge in [-0.2, -0.15) is 0 Å². The van der Waals surface area contributed by atoms with Gasteiger partial charge in [0.2, 0.25) is 10.0 Å². The topological polar surface area (TPSA) is 46.2 Å². The van der Waals surface area contributed by atoms with E-state index in [1.54, 1.807) is 6.92 Å². The van der Waals surface area contributed by atoms with Crippen molar-refractivity contribution in [1.82, 2.24) is 4.72 Å². The molecule has 0 saturated heterocycles. The predicted octanol–water partition coefficient (Wildman–Crippen LogP) is 2.95. The molecule has 0 atom stereocenters. The molecule has 1 aromatic rings. The van der Waals surface area contributed by atoms with Gasteiger partial charge in [-0.25, -0.2) is 13.1 Å². The lowest BCUT2D eigenvalue weighted by atomic mass is 10.4. The molecular formula is C8H8Cl3NO2S. The SMILES string of the molecule is CCNS(=O)(=O)c1ccc(Cl)c(Cl)c1Cl. The van der Waals surface area contributed by atoms with Gasteiger partial charge in [0.15, 0.2) is 0 Å². The Morgan fingerprint density at radius 2 is 1.80 bits per heavy atom. The largest absolute Gasteiger partial charge is 0.242 e. The zero-order chi connectivity index (χ0) is 11.6. The van der Waals surface area contributed by atoms with Crippen LogP contribution in [0.3, 0.4) is 0 Å². The minimum absolute atomic E-state index is 0.0392. The van der Waals surface area contributed by atoms with E-state index >= 15 is 0 Å². The molecule has 0 unspecified atom stereocenters. The fourth-order valence-electron chi connectivity index (χ4n) is 0.983. The zero-order valence-corrected chi connectivity index (χ0v) is 10.8. The average molecular weight is 289 g/mol. The van der Waals surface area contributed by atoms with Gasteiger partial charge in [0, 0.05) is 6.54 Å². The molecule has 15 heavy (non-hydrogen) atoms. The van der Waals surface area contributed by atoms with Crippen molar-refractivity contribution in [1.29, 1.82) is 0 Å². The Balaban J connectivity index is 3.34. The molecule has 84 valence electrons. The van der Waals surface area contributed by atoms with E-state index in [1.807, 2.05) is 0 Å². The first-order valence-corrected chi connectivity index (χ1v) is 6.65. The van der Waals surface area contributed by atoms with Crippen LogP contribution in [0.15, 0.2) is 17.0 Å². The van der Waals surface area contributed by atoms with E-state index in [2.05, 4.69) is 4.72 Å². The normalized spacial score (nSPS) is 11.7. The highest BCUT2D eigenvalue weighted by Crippen LogP contribution is 2.34. The van der Waals surface area contributed by atoms with Gasteiger partial charge in [0.25, 0.3) is 0 Å². The van der Waals surface area contributed by atoms with Crippen molar-refractivity contribution in [2.45, 2.75) is 11.8 Å². The monoisotopic (exact) mass is 287 g/mol. The Morgan fingerprint density at radius 1 is 1.20 bits per heavy atom.